The number of carbonyl (C=O) groups is 4. The van der Waals surface area contributed by atoms with Gasteiger partial charge in [0.1, 0.15) is 6.04 Å². The molecular formula is C38H51N3O7S. The number of amides is 4. The molecule has 1 atom stereocenters. The number of unbranched alkanes of at least 4 members (excludes halogenated alkanes) is 9. The molecule has 0 spiro atoms. The number of likely N-dealkylation sites (tertiary alicyclic amines) is 1. The number of fused-ring (bicyclic) bond motifs is 1. The fourth-order valence-electron chi connectivity index (χ4n) is 7.20. The lowest BCUT2D eigenvalue weighted by Gasteiger charge is -2.32. The summed E-state index contributed by atoms with van der Waals surface area (Å²) in [7, 11) is -3.67. The summed E-state index contributed by atoms with van der Waals surface area (Å²) in [5.74, 6) is -0.254. The Kier molecular flexibility index (Phi) is 13.0. The molecule has 2 fully saturated rings. The third kappa shape index (κ3) is 10.0. The average molecular weight is 694 g/mol. The molecule has 0 bridgehead atoms. The number of nitrogens with zero attached hydrogens (tertiary/aromatic N) is 2. The molecule has 3 aliphatic rings. The molecule has 0 radical (unpaired) electrons. The minimum Gasteiger partial charge on any atom is -0.343 e. The lowest BCUT2D eigenvalue weighted by Crippen LogP contribution is -2.52. The van der Waals surface area contributed by atoms with Crippen molar-refractivity contribution in [1.82, 2.24) is 15.1 Å². The van der Waals surface area contributed by atoms with E-state index in [1.165, 1.54) is 24.8 Å². The standard InChI is InChI=1S/C38H51N3O7S/c1-28-13-16-32(17-14-28)49(46,47)48-25-11-9-7-5-3-2-4-6-8-10-12-36(43)40-23-21-29(22-24-40)30-15-18-33-31(26-30)27-41(38(33)45)34-19-20-35(42)39-37(34)44/h13-18,26,29,34H,2-12,19-25,27H2,1H3,(H,39,42,44). The van der Waals surface area contributed by atoms with Crippen LogP contribution in [0.5, 0.6) is 0 Å². The van der Waals surface area contributed by atoms with Gasteiger partial charge < -0.3 is 9.80 Å². The average Bonchev–Trinajstić information content (AvgIpc) is 3.41. The summed E-state index contributed by atoms with van der Waals surface area (Å²) in [6.07, 6.45) is 13.6. The van der Waals surface area contributed by atoms with Crippen molar-refractivity contribution in [2.45, 2.75) is 127 Å². The van der Waals surface area contributed by atoms with Gasteiger partial charge in [0.25, 0.3) is 16.0 Å². The van der Waals surface area contributed by atoms with Crippen LogP contribution in [0.4, 0.5) is 0 Å². The van der Waals surface area contributed by atoms with Crippen molar-refractivity contribution < 1.29 is 31.8 Å². The van der Waals surface area contributed by atoms with E-state index in [4.69, 9.17) is 4.18 Å². The van der Waals surface area contributed by atoms with Gasteiger partial charge in [0, 0.05) is 38.0 Å². The zero-order chi connectivity index (χ0) is 34.8. The second-order valence-electron chi connectivity index (χ2n) is 13.8. The van der Waals surface area contributed by atoms with Crippen molar-refractivity contribution in [3.63, 3.8) is 0 Å². The lowest BCUT2D eigenvalue weighted by molar-refractivity contribution is -0.137. The van der Waals surface area contributed by atoms with E-state index in [1.807, 2.05) is 24.0 Å². The van der Waals surface area contributed by atoms with Crippen LogP contribution in [0.3, 0.4) is 0 Å². The summed E-state index contributed by atoms with van der Waals surface area (Å²) in [6.45, 7) is 4.01. The molecule has 1 N–H and O–H groups in total. The number of piperidine rings is 2. The van der Waals surface area contributed by atoms with Crippen LogP contribution in [0.1, 0.15) is 129 Å². The minimum atomic E-state index is -3.67. The van der Waals surface area contributed by atoms with Gasteiger partial charge in [0.15, 0.2) is 0 Å². The SMILES string of the molecule is Cc1ccc(S(=O)(=O)OCCCCCCCCCCCCC(=O)N2CCC(c3ccc4c(c3)CN(C3CCC(=O)NC3=O)C4=O)CC2)cc1. The van der Waals surface area contributed by atoms with Gasteiger partial charge in [-0.3, -0.25) is 28.7 Å². The molecule has 1 unspecified atom stereocenters. The number of carbonyl (C=O) groups excluding carboxylic acids is 4. The van der Waals surface area contributed by atoms with Crippen LogP contribution in [0, 0.1) is 6.92 Å². The fraction of sp³-hybridized carbons (Fsp3) is 0.579. The van der Waals surface area contributed by atoms with Gasteiger partial charge in [-0.05, 0) is 74.3 Å². The van der Waals surface area contributed by atoms with Crippen LogP contribution < -0.4 is 5.32 Å². The summed E-state index contributed by atoms with van der Waals surface area (Å²) in [5.41, 5.74) is 3.76. The molecule has 2 aromatic carbocycles. The van der Waals surface area contributed by atoms with Crippen molar-refractivity contribution in [3.8, 4) is 0 Å². The summed E-state index contributed by atoms with van der Waals surface area (Å²) in [4.78, 5) is 53.6. The summed E-state index contributed by atoms with van der Waals surface area (Å²) in [6, 6.07) is 12.1. The molecule has 49 heavy (non-hydrogen) atoms. The largest absolute Gasteiger partial charge is 0.343 e. The number of benzene rings is 2. The summed E-state index contributed by atoms with van der Waals surface area (Å²) in [5, 5.41) is 2.35. The minimum absolute atomic E-state index is 0.152. The quantitative estimate of drug-likeness (QED) is 0.119. The van der Waals surface area contributed by atoms with Crippen LogP contribution in [-0.2, 0) is 35.2 Å². The molecule has 3 aliphatic heterocycles. The first-order chi connectivity index (χ1) is 23.6. The van der Waals surface area contributed by atoms with Crippen LogP contribution in [0.25, 0.3) is 0 Å². The Balaban J connectivity index is 0.885. The number of imide groups is 1. The Bertz CT molecular complexity index is 1580. The van der Waals surface area contributed by atoms with Gasteiger partial charge in [0.2, 0.25) is 17.7 Å². The molecular weight excluding hydrogens is 642 g/mol. The number of nitrogens with one attached hydrogen (secondary N) is 1. The maximum Gasteiger partial charge on any atom is 0.296 e. The molecule has 2 aromatic rings. The third-order valence-electron chi connectivity index (χ3n) is 10.2. The van der Waals surface area contributed by atoms with E-state index < -0.39 is 22.1 Å². The van der Waals surface area contributed by atoms with Crippen molar-refractivity contribution in [1.29, 1.82) is 0 Å². The van der Waals surface area contributed by atoms with Gasteiger partial charge in [0.05, 0.1) is 11.5 Å². The highest BCUT2D eigenvalue weighted by Gasteiger charge is 2.39. The smallest absolute Gasteiger partial charge is 0.296 e. The fourth-order valence-corrected chi connectivity index (χ4v) is 8.15. The third-order valence-corrected chi connectivity index (χ3v) is 11.5. The number of hydrogen-bond donors (Lipinski definition) is 1. The topological polar surface area (TPSA) is 130 Å². The van der Waals surface area contributed by atoms with E-state index >= 15 is 0 Å². The highest BCUT2D eigenvalue weighted by Crippen LogP contribution is 2.34. The first-order valence-corrected chi connectivity index (χ1v) is 19.5. The first kappa shape index (κ1) is 36.7. The van der Waals surface area contributed by atoms with Gasteiger partial charge >= 0.3 is 0 Å². The van der Waals surface area contributed by atoms with Crippen molar-refractivity contribution >= 4 is 33.7 Å². The molecule has 11 heteroatoms. The number of hydrogen-bond acceptors (Lipinski definition) is 7. The Morgan fingerprint density at radius 3 is 2.12 bits per heavy atom. The predicted octanol–water partition coefficient (Wildman–Crippen LogP) is 6.16. The molecule has 0 saturated carbocycles. The maximum atomic E-state index is 13.0. The van der Waals surface area contributed by atoms with Crippen LogP contribution in [0.15, 0.2) is 47.4 Å². The molecule has 0 aromatic heterocycles. The lowest BCUT2D eigenvalue weighted by atomic mass is 9.87. The maximum absolute atomic E-state index is 13.0. The normalized spacial score (nSPS) is 18.6. The first-order valence-electron chi connectivity index (χ1n) is 18.1. The van der Waals surface area contributed by atoms with Crippen LogP contribution >= 0.6 is 0 Å². The van der Waals surface area contributed by atoms with Crippen molar-refractivity contribution in [2.24, 2.45) is 0 Å². The van der Waals surface area contributed by atoms with E-state index in [0.29, 0.717) is 30.9 Å². The zero-order valence-electron chi connectivity index (χ0n) is 28.8. The molecule has 10 nitrogen and oxygen atoms in total. The molecule has 0 aliphatic carbocycles. The van der Waals surface area contributed by atoms with Crippen LogP contribution in [0.2, 0.25) is 0 Å². The highest BCUT2D eigenvalue weighted by molar-refractivity contribution is 7.86. The van der Waals surface area contributed by atoms with Gasteiger partial charge in [-0.1, -0.05) is 81.2 Å². The molecule has 5 rings (SSSR count). The summed E-state index contributed by atoms with van der Waals surface area (Å²) >= 11 is 0. The Labute approximate surface area is 291 Å². The van der Waals surface area contributed by atoms with E-state index in [-0.39, 0.29) is 35.6 Å². The molecule has 3 heterocycles. The van der Waals surface area contributed by atoms with Crippen LogP contribution in [-0.4, -0.2) is 67.6 Å². The zero-order valence-corrected chi connectivity index (χ0v) is 29.6. The molecule has 4 amide bonds. The van der Waals surface area contributed by atoms with E-state index in [2.05, 4.69) is 11.4 Å². The molecule has 266 valence electrons. The monoisotopic (exact) mass is 693 g/mol. The second-order valence-corrected chi connectivity index (χ2v) is 15.5. The van der Waals surface area contributed by atoms with Gasteiger partial charge in [-0.15, -0.1) is 0 Å². The van der Waals surface area contributed by atoms with E-state index in [9.17, 15) is 27.6 Å². The van der Waals surface area contributed by atoms with E-state index in [0.717, 1.165) is 82.0 Å². The second kappa shape index (κ2) is 17.4. The number of rotatable bonds is 17. The van der Waals surface area contributed by atoms with E-state index in [1.54, 1.807) is 29.2 Å². The Morgan fingerprint density at radius 2 is 1.47 bits per heavy atom. The Hall–Kier alpha value is -3.57. The predicted molar refractivity (Wildman–Crippen MR) is 186 cm³/mol. The number of aryl methyl sites for hydroxylation is 1. The van der Waals surface area contributed by atoms with Crippen molar-refractivity contribution in [2.75, 3.05) is 19.7 Å². The highest BCUT2D eigenvalue weighted by atomic mass is 32.2. The van der Waals surface area contributed by atoms with Crippen molar-refractivity contribution in [3.05, 3.63) is 64.7 Å². The van der Waals surface area contributed by atoms with Gasteiger partial charge in [-0.25, -0.2) is 0 Å². The summed E-state index contributed by atoms with van der Waals surface area (Å²) < 4.78 is 29.6. The Morgan fingerprint density at radius 1 is 0.837 bits per heavy atom. The molecule has 2 saturated heterocycles. The van der Waals surface area contributed by atoms with Gasteiger partial charge in [-0.2, -0.15) is 8.42 Å².